The number of ether oxygens (including phenoxy) is 2. The molecule has 158 valence electrons. The zero-order valence-corrected chi connectivity index (χ0v) is 18.2. The summed E-state index contributed by atoms with van der Waals surface area (Å²) < 4.78 is 13.1. The molecule has 1 heterocycles. The average Bonchev–Trinajstić information content (AvgIpc) is 3.18. The predicted molar refractivity (Wildman–Crippen MR) is 118 cm³/mol. The third kappa shape index (κ3) is 4.64. The third-order valence-electron chi connectivity index (χ3n) is 4.85. The molecule has 0 fully saturated rings. The maximum absolute atomic E-state index is 13.0. The van der Waals surface area contributed by atoms with Gasteiger partial charge in [0, 0.05) is 0 Å². The second-order valence-corrected chi connectivity index (χ2v) is 7.38. The fourth-order valence-electron chi connectivity index (χ4n) is 3.36. The first-order valence-electron chi connectivity index (χ1n) is 10.2. The number of carbonyl (C=O) groups excluding carboxylic acids is 1. The van der Waals surface area contributed by atoms with E-state index < -0.39 is 0 Å². The van der Waals surface area contributed by atoms with Gasteiger partial charge in [-0.15, -0.1) is 0 Å². The summed E-state index contributed by atoms with van der Waals surface area (Å²) in [5, 5.41) is 7.52. The van der Waals surface area contributed by atoms with Gasteiger partial charge in [-0.1, -0.05) is 31.2 Å². The van der Waals surface area contributed by atoms with Crippen LogP contribution in [0, 0.1) is 0 Å². The summed E-state index contributed by atoms with van der Waals surface area (Å²) in [6.07, 6.45) is 2.38. The summed E-state index contributed by atoms with van der Waals surface area (Å²) >= 11 is 0. The zero-order chi connectivity index (χ0) is 21.7. The van der Waals surface area contributed by atoms with Crippen LogP contribution in [0.3, 0.4) is 0 Å². The second kappa shape index (κ2) is 9.48. The van der Waals surface area contributed by atoms with Gasteiger partial charge in [-0.3, -0.25) is 4.79 Å². The van der Waals surface area contributed by atoms with E-state index in [2.05, 4.69) is 10.4 Å². The molecule has 0 aliphatic heterocycles. The Kier molecular flexibility index (Phi) is 6.77. The highest BCUT2D eigenvalue weighted by atomic mass is 16.5. The Labute approximate surface area is 177 Å². The lowest BCUT2D eigenvalue weighted by atomic mass is 10.1. The van der Waals surface area contributed by atoms with Gasteiger partial charge in [0.1, 0.15) is 0 Å². The largest absolute Gasteiger partial charge is 0.493 e. The van der Waals surface area contributed by atoms with E-state index >= 15 is 0 Å². The van der Waals surface area contributed by atoms with Crippen molar-refractivity contribution < 1.29 is 14.3 Å². The van der Waals surface area contributed by atoms with Crippen LogP contribution in [0.15, 0.2) is 54.7 Å². The van der Waals surface area contributed by atoms with E-state index in [1.54, 1.807) is 13.3 Å². The van der Waals surface area contributed by atoms with E-state index in [1.165, 1.54) is 0 Å². The SMILES string of the molecule is CCc1c(C(=O)NC(C)c2ccc(OC(C)C)c(OC)c2)cnn1-c1ccccc1. The summed E-state index contributed by atoms with van der Waals surface area (Å²) in [6.45, 7) is 7.91. The molecular formula is C24H29N3O3. The predicted octanol–water partition coefficient (Wildman–Crippen LogP) is 4.72. The van der Waals surface area contributed by atoms with Gasteiger partial charge in [0.2, 0.25) is 0 Å². The fourth-order valence-corrected chi connectivity index (χ4v) is 3.36. The molecule has 0 saturated heterocycles. The Morgan fingerprint density at radius 2 is 1.83 bits per heavy atom. The molecule has 0 aliphatic rings. The first-order valence-corrected chi connectivity index (χ1v) is 10.2. The van der Waals surface area contributed by atoms with Crippen LogP contribution in [-0.2, 0) is 6.42 Å². The molecule has 3 rings (SSSR count). The van der Waals surface area contributed by atoms with Crippen molar-refractivity contribution in [1.82, 2.24) is 15.1 Å². The lowest BCUT2D eigenvalue weighted by Gasteiger charge is -2.18. The molecule has 0 spiro atoms. The molecule has 2 aromatic carbocycles. The van der Waals surface area contributed by atoms with Crippen LogP contribution in [0.5, 0.6) is 11.5 Å². The van der Waals surface area contributed by atoms with E-state index in [0.717, 1.165) is 16.9 Å². The Hall–Kier alpha value is -3.28. The molecule has 1 amide bonds. The number of hydrogen-bond donors (Lipinski definition) is 1. The second-order valence-electron chi connectivity index (χ2n) is 7.38. The number of carbonyl (C=O) groups is 1. The highest BCUT2D eigenvalue weighted by Crippen LogP contribution is 2.31. The highest BCUT2D eigenvalue weighted by molar-refractivity contribution is 5.95. The van der Waals surface area contributed by atoms with Gasteiger partial charge in [-0.2, -0.15) is 5.10 Å². The van der Waals surface area contributed by atoms with Crippen molar-refractivity contribution in [1.29, 1.82) is 0 Å². The number of nitrogens with zero attached hydrogens (tertiary/aromatic N) is 2. The summed E-state index contributed by atoms with van der Waals surface area (Å²) in [4.78, 5) is 13.0. The maximum atomic E-state index is 13.0. The number of nitrogens with one attached hydrogen (secondary N) is 1. The van der Waals surface area contributed by atoms with Crippen molar-refractivity contribution in [3.05, 3.63) is 71.5 Å². The number of amides is 1. The summed E-state index contributed by atoms with van der Waals surface area (Å²) in [6, 6.07) is 15.3. The Bertz CT molecular complexity index is 996. The third-order valence-corrected chi connectivity index (χ3v) is 4.85. The number of methoxy groups -OCH3 is 1. The molecule has 1 aromatic heterocycles. The molecule has 30 heavy (non-hydrogen) atoms. The summed E-state index contributed by atoms with van der Waals surface area (Å²) in [5.41, 5.74) is 3.33. The van der Waals surface area contributed by atoms with Crippen molar-refractivity contribution in [2.75, 3.05) is 7.11 Å². The van der Waals surface area contributed by atoms with Crippen LogP contribution in [0.4, 0.5) is 0 Å². The zero-order valence-electron chi connectivity index (χ0n) is 18.2. The molecule has 1 N–H and O–H groups in total. The molecule has 6 nitrogen and oxygen atoms in total. The first kappa shape index (κ1) is 21.4. The van der Waals surface area contributed by atoms with Crippen LogP contribution in [0.25, 0.3) is 5.69 Å². The van der Waals surface area contributed by atoms with E-state index in [9.17, 15) is 4.79 Å². The number of aromatic nitrogens is 2. The number of para-hydroxylation sites is 1. The summed E-state index contributed by atoms with van der Waals surface area (Å²) in [5.74, 6) is 1.18. The minimum atomic E-state index is -0.204. The minimum absolute atomic E-state index is 0.0514. The topological polar surface area (TPSA) is 65.4 Å². The van der Waals surface area contributed by atoms with Crippen molar-refractivity contribution in [3.8, 4) is 17.2 Å². The van der Waals surface area contributed by atoms with Gasteiger partial charge < -0.3 is 14.8 Å². The lowest BCUT2D eigenvalue weighted by Crippen LogP contribution is -2.27. The van der Waals surface area contributed by atoms with Gasteiger partial charge in [0.25, 0.3) is 5.91 Å². The van der Waals surface area contributed by atoms with Crippen LogP contribution in [0.2, 0.25) is 0 Å². The first-order chi connectivity index (χ1) is 14.4. The van der Waals surface area contributed by atoms with Crippen LogP contribution in [-0.4, -0.2) is 28.9 Å². The van der Waals surface area contributed by atoms with Crippen LogP contribution < -0.4 is 14.8 Å². The number of hydrogen-bond acceptors (Lipinski definition) is 4. The molecule has 3 aromatic rings. The van der Waals surface area contributed by atoms with Crippen molar-refractivity contribution in [3.63, 3.8) is 0 Å². The number of rotatable bonds is 8. The monoisotopic (exact) mass is 407 g/mol. The lowest BCUT2D eigenvalue weighted by molar-refractivity contribution is 0.0939. The Morgan fingerprint density at radius 3 is 2.47 bits per heavy atom. The van der Waals surface area contributed by atoms with Gasteiger partial charge in [0.05, 0.1) is 42.4 Å². The van der Waals surface area contributed by atoms with Crippen LogP contribution >= 0.6 is 0 Å². The Balaban J connectivity index is 1.80. The quantitative estimate of drug-likeness (QED) is 0.587. The van der Waals surface area contributed by atoms with E-state index in [1.807, 2.05) is 80.9 Å². The standard InChI is InChI=1S/C24H29N3O3/c1-6-21-20(15-25-27(21)19-10-8-7-9-11-19)24(28)26-17(4)18-12-13-22(30-16(2)3)23(14-18)29-5/h7-17H,6H2,1-5H3,(H,26,28). The minimum Gasteiger partial charge on any atom is -0.493 e. The maximum Gasteiger partial charge on any atom is 0.255 e. The van der Waals surface area contributed by atoms with Gasteiger partial charge in [-0.05, 0) is 57.0 Å². The highest BCUT2D eigenvalue weighted by Gasteiger charge is 2.20. The van der Waals surface area contributed by atoms with E-state index in [4.69, 9.17) is 9.47 Å². The van der Waals surface area contributed by atoms with E-state index in [-0.39, 0.29) is 18.1 Å². The molecular weight excluding hydrogens is 378 g/mol. The van der Waals surface area contributed by atoms with Gasteiger partial charge >= 0.3 is 0 Å². The fraction of sp³-hybridized carbons (Fsp3) is 0.333. The number of benzene rings is 2. The normalized spacial score (nSPS) is 11.9. The van der Waals surface area contributed by atoms with Crippen molar-refractivity contribution in [2.24, 2.45) is 0 Å². The van der Waals surface area contributed by atoms with E-state index in [0.29, 0.717) is 23.5 Å². The molecule has 0 bridgehead atoms. The molecule has 1 unspecified atom stereocenters. The summed E-state index contributed by atoms with van der Waals surface area (Å²) in [7, 11) is 1.61. The van der Waals surface area contributed by atoms with Crippen molar-refractivity contribution in [2.45, 2.75) is 46.3 Å². The average molecular weight is 408 g/mol. The van der Waals surface area contributed by atoms with Crippen molar-refractivity contribution >= 4 is 5.91 Å². The molecule has 0 saturated carbocycles. The molecule has 6 heteroatoms. The molecule has 1 atom stereocenters. The smallest absolute Gasteiger partial charge is 0.255 e. The molecule has 0 aliphatic carbocycles. The van der Waals surface area contributed by atoms with Gasteiger partial charge in [-0.25, -0.2) is 4.68 Å². The van der Waals surface area contributed by atoms with Crippen LogP contribution in [0.1, 0.15) is 55.4 Å². The Morgan fingerprint density at radius 1 is 1.10 bits per heavy atom. The molecule has 0 radical (unpaired) electrons. The van der Waals surface area contributed by atoms with Gasteiger partial charge in [0.15, 0.2) is 11.5 Å².